The minimum Gasteiger partial charge on any atom is -0.484 e. The van der Waals surface area contributed by atoms with Gasteiger partial charge >= 0.3 is 0 Å². The zero-order valence-electron chi connectivity index (χ0n) is 14.1. The molecule has 0 unspecified atom stereocenters. The normalized spacial score (nSPS) is 11.5. The van der Waals surface area contributed by atoms with Crippen molar-refractivity contribution in [1.82, 2.24) is 10.2 Å². The molecule has 2 aromatic carbocycles. The molecule has 0 radical (unpaired) electrons. The molecule has 2 N–H and O–H groups in total. The molecule has 0 atom stereocenters. The first-order valence-corrected chi connectivity index (χ1v) is 7.84. The molecule has 3 aromatic rings. The van der Waals surface area contributed by atoms with Crippen LogP contribution in [0.2, 0.25) is 0 Å². The lowest BCUT2D eigenvalue weighted by Gasteiger charge is -2.19. The number of nitrogen functional groups attached to an aromatic ring is 1. The lowest BCUT2D eigenvalue weighted by Crippen LogP contribution is -2.10. The largest absolute Gasteiger partial charge is 0.484 e. The third kappa shape index (κ3) is 3.56. The van der Waals surface area contributed by atoms with E-state index in [-0.39, 0.29) is 12.0 Å². The second-order valence-corrected chi connectivity index (χ2v) is 6.65. The van der Waals surface area contributed by atoms with Gasteiger partial charge in [0.05, 0.1) is 5.56 Å². The van der Waals surface area contributed by atoms with Crippen molar-refractivity contribution >= 4 is 5.69 Å². The molecule has 0 bridgehead atoms. The van der Waals surface area contributed by atoms with Gasteiger partial charge in [-0.2, -0.15) is 0 Å². The Balaban J connectivity index is 1.67. The maximum Gasteiger partial charge on any atom is 0.254 e. The standard InChI is InChI=1S/C19H21N3O2/c1-19(2,3)13-8-10-14(11-9-13)23-12-17-21-22-18(24-17)15-6-4-5-7-16(15)20/h4-11H,12,20H2,1-3H3. The van der Waals surface area contributed by atoms with E-state index < -0.39 is 0 Å². The van der Waals surface area contributed by atoms with Gasteiger partial charge in [0.2, 0.25) is 5.89 Å². The number of hydrogen-bond donors (Lipinski definition) is 1. The molecule has 3 rings (SSSR count). The number of rotatable bonds is 4. The Morgan fingerprint density at radius 1 is 1.00 bits per heavy atom. The van der Waals surface area contributed by atoms with Crippen LogP contribution >= 0.6 is 0 Å². The van der Waals surface area contributed by atoms with Gasteiger partial charge in [0, 0.05) is 5.69 Å². The van der Waals surface area contributed by atoms with Crippen molar-refractivity contribution in [1.29, 1.82) is 0 Å². The fourth-order valence-electron chi connectivity index (χ4n) is 2.31. The second kappa shape index (κ2) is 6.35. The SMILES string of the molecule is CC(C)(C)c1ccc(OCc2nnc(-c3ccccc3N)o2)cc1. The van der Waals surface area contributed by atoms with Gasteiger partial charge in [0.15, 0.2) is 6.61 Å². The maximum atomic E-state index is 5.92. The third-order valence-electron chi connectivity index (χ3n) is 3.74. The van der Waals surface area contributed by atoms with Crippen molar-refractivity contribution in [2.75, 3.05) is 5.73 Å². The molecular formula is C19H21N3O2. The number of anilines is 1. The summed E-state index contributed by atoms with van der Waals surface area (Å²) in [6.07, 6.45) is 0. The number of para-hydroxylation sites is 1. The van der Waals surface area contributed by atoms with Crippen molar-refractivity contribution in [2.45, 2.75) is 32.8 Å². The monoisotopic (exact) mass is 323 g/mol. The predicted molar refractivity (Wildman–Crippen MR) is 93.6 cm³/mol. The van der Waals surface area contributed by atoms with Crippen LogP contribution in [0.15, 0.2) is 52.9 Å². The Kier molecular flexibility index (Phi) is 4.25. The zero-order chi connectivity index (χ0) is 17.2. The first-order chi connectivity index (χ1) is 11.4. The highest BCUT2D eigenvalue weighted by Crippen LogP contribution is 2.26. The molecule has 0 saturated carbocycles. The van der Waals surface area contributed by atoms with E-state index in [0.717, 1.165) is 11.3 Å². The average molecular weight is 323 g/mol. The number of hydrogen-bond acceptors (Lipinski definition) is 5. The van der Waals surface area contributed by atoms with Gasteiger partial charge in [-0.15, -0.1) is 10.2 Å². The fraction of sp³-hybridized carbons (Fsp3) is 0.263. The Bertz CT molecular complexity index is 817. The number of benzene rings is 2. The third-order valence-corrected chi connectivity index (χ3v) is 3.74. The molecule has 0 amide bonds. The highest BCUT2D eigenvalue weighted by molar-refractivity contribution is 5.69. The summed E-state index contributed by atoms with van der Waals surface area (Å²) in [5, 5.41) is 8.04. The molecule has 5 heteroatoms. The van der Waals surface area contributed by atoms with Crippen molar-refractivity contribution in [3.05, 3.63) is 60.0 Å². The van der Waals surface area contributed by atoms with Crippen LogP contribution < -0.4 is 10.5 Å². The topological polar surface area (TPSA) is 74.2 Å². The molecule has 0 fully saturated rings. The molecule has 5 nitrogen and oxygen atoms in total. The zero-order valence-corrected chi connectivity index (χ0v) is 14.1. The van der Waals surface area contributed by atoms with Gasteiger partial charge in [-0.05, 0) is 35.2 Å². The van der Waals surface area contributed by atoms with E-state index in [0.29, 0.717) is 17.5 Å². The summed E-state index contributed by atoms with van der Waals surface area (Å²) in [6, 6.07) is 15.4. The molecular weight excluding hydrogens is 302 g/mol. The summed E-state index contributed by atoms with van der Waals surface area (Å²) in [5.74, 6) is 1.57. The van der Waals surface area contributed by atoms with E-state index in [2.05, 4.69) is 43.1 Å². The van der Waals surface area contributed by atoms with Crippen LogP contribution in [0.3, 0.4) is 0 Å². The molecule has 1 heterocycles. The Morgan fingerprint density at radius 2 is 1.71 bits per heavy atom. The van der Waals surface area contributed by atoms with Crippen molar-refractivity contribution < 1.29 is 9.15 Å². The lowest BCUT2D eigenvalue weighted by molar-refractivity contribution is 0.264. The molecule has 0 aliphatic rings. The highest BCUT2D eigenvalue weighted by atomic mass is 16.5. The summed E-state index contributed by atoms with van der Waals surface area (Å²) < 4.78 is 11.3. The minimum absolute atomic E-state index is 0.121. The predicted octanol–water partition coefficient (Wildman–Crippen LogP) is 4.20. The maximum absolute atomic E-state index is 5.92. The van der Waals surface area contributed by atoms with E-state index >= 15 is 0 Å². The molecule has 0 aliphatic carbocycles. The fourth-order valence-corrected chi connectivity index (χ4v) is 2.31. The summed E-state index contributed by atoms with van der Waals surface area (Å²) >= 11 is 0. The van der Waals surface area contributed by atoms with E-state index in [1.165, 1.54) is 5.56 Å². The Hall–Kier alpha value is -2.82. The van der Waals surface area contributed by atoms with Crippen LogP contribution in [0.5, 0.6) is 5.75 Å². The highest BCUT2D eigenvalue weighted by Gasteiger charge is 2.14. The Labute approximate surface area is 141 Å². The number of nitrogens with zero attached hydrogens (tertiary/aromatic N) is 2. The van der Waals surface area contributed by atoms with Gasteiger partial charge in [-0.1, -0.05) is 45.0 Å². The smallest absolute Gasteiger partial charge is 0.254 e. The lowest BCUT2D eigenvalue weighted by atomic mass is 9.87. The van der Waals surface area contributed by atoms with Crippen LogP contribution in [0.25, 0.3) is 11.5 Å². The van der Waals surface area contributed by atoms with Gasteiger partial charge < -0.3 is 14.9 Å². The second-order valence-electron chi connectivity index (χ2n) is 6.65. The van der Waals surface area contributed by atoms with E-state index in [4.69, 9.17) is 14.9 Å². The summed E-state index contributed by atoms with van der Waals surface area (Å²) in [5.41, 5.74) is 8.63. The van der Waals surface area contributed by atoms with E-state index in [9.17, 15) is 0 Å². The van der Waals surface area contributed by atoms with Gasteiger partial charge in [0.25, 0.3) is 5.89 Å². The quantitative estimate of drug-likeness (QED) is 0.729. The number of nitrogens with two attached hydrogens (primary N) is 1. The molecule has 124 valence electrons. The minimum atomic E-state index is 0.121. The van der Waals surface area contributed by atoms with Gasteiger partial charge in [-0.25, -0.2) is 0 Å². The van der Waals surface area contributed by atoms with E-state index in [1.54, 1.807) is 6.07 Å². The molecule has 24 heavy (non-hydrogen) atoms. The van der Waals surface area contributed by atoms with Gasteiger partial charge in [-0.3, -0.25) is 0 Å². The molecule has 0 aliphatic heterocycles. The van der Waals surface area contributed by atoms with Crippen LogP contribution in [0, 0.1) is 0 Å². The first kappa shape index (κ1) is 16.1. The first-order valence-electron chi connectivity index (χ1n) is 7.84. The summed E-state index contributed by atoms with van der Waals surface area (Å²) in [7, 11) is 0. The number of aromatic nitrogens is 2. The average Bonchev–Trinajstić information content (AvgIpc) is 3.02. The van der Waals surface area contributed by atoms with Crippen molar-refractivity contribution in [2.24, 2.45) is 0 Å². The molecule has 0 spiro atoms. The van der Waals surface area contributed by atoms with Crippen molar-refractivity contribution in [3.63, 3.8) is 0 Å². The van der Waals surface area contributed by atoms with Crippen LogP contribution in [-0.4, -0.2) is 10.2 Å². The van der Waals surface area contributed by atoms with Crippen LogP contribution in [-0.2, 0) is 12.0 Å². The van der Waals surface area contributed by atoms with Crippen molar-refractivity contribution in [3.8, 4) is 17.2 Å². The number of ether oxygens (including phenoxy) is 1. The van der Waals surface area contributed by atoms with Gasteiger partial charge in [0.1, 0.15) is 5.75 Å². The van der Waals surface area contributed by atoms with Crippen LogP contribution in [0.4, 0.5) is 5.69 Å². The summed E-state index contributed by atoms with van der Waals surface area (Å²) in [6.45, 7) is 6.75. The Morgan fingerprint density at radius 3 is 2.38 bits per heavy atom. The van der Waals surface area contributed by atoms with E-state index in [1.807, 2.05) is 30.3 Å². The molecule has 0 saturated heterocycles. The van der Waals surface area contributed by atoms with Crippen LogP contribution in [0.1, 0.15) is 32.2 Å². The summed E-state index contributed by atoms with van der Waals surface area (Å²) in [4.78, 5) is 0. The molecule has 1 aromatic heterocycles.